The molecule has 0 radical (unpaired) electrons. The third kappa shape index (κ3) is 4.61. The molecule has 1 heterocycles. The van der Waals surface area contributed by atoms with Gasteiger partial charge in [0.25, 0.3) is 5.91 Å². The molecule has 0 bridgehead atoms. The van der Waals surface area contributed by atoms with Gasteiger partial charge in [-0.25, -0.2) is 9.48 Å². The van der Waals surface area contributed by atoms with Crippen molar-refractivity contribution in [3.05, 3.63) is 95.6 Å². The van der Waals surface area contributed by atoms with Gasteiger partial charge in [0.2, 0.25) is 0 Å². The zero-order valence-corrected chi connectivity index (χ0v) is 17.1. The van der Waals surface area contributed by atoms with Crippen molar-refractivity contribution in [2.45, 2.75) is 19.5 Å². The van der Waals surface area contributed by atoms with Crippen molar-refractivity contribution < 1.29 is 14.3 Å². The van der Waals surface area contributed by atoms with E-state index in [0.717, 1.165) is 16.6 Å². The second-order valence-corrected chi connectivity index (χ2v) is 7.01. The Hall–Kier alpha value is -4.00. The number of aryl methyl sites for hydroxylation is 1. The highest BCUT2D eigenvalue weighted by Gasteiger charge is 2.18. The molecular formula is C24H22N4O3. The SMILES string of the molecule is CCn1nnc2cc(C(=O)OCC(=O)NC(c3ccccc3)c3ccccc3)ccc21. The van der Waals surface area contributed by atoms with Gasteiger partial charge in [0.1, 0.15) is 5.52 Å². The zero-order valence-electron chi connectivity index (χ0n) is 17.1. The van der Waals surface area contributed by atoms with Crippen LogP contribution in [0.3, 0.4) is 0 Å². The van der Waals surface area contributed by atoms with Crippen LogP contribution in [0.5, 0.6) is 0 Å². The summed E-state index contributed by atoms with van der Waals surface area (Å²) in [6.45, 7) is 2.27. The number of amides is 1. The number of nitrogens with one attached hydrogen (secondary N) is 1. The fourth-order valence-electron chi connectivity index (χ4n) is 3.40. The van der Waals surface area contributed by atoms with Crippen LogP contribution in [0.15, 0.2) is 78.9 Å². The standard InChI is InChI=1S/C24H22N4O3/c1-2-28-21-14-13-19(15-20(21)26-27-28)24(30)31-16-22(29)25-23(17-9-5-3-6-10-17)18-11-7-4-8-12-18/h3-15,23H,2,16H2,1H3,(H,25,29). The van der Waals surface area contributed by atoms with E-state index < -0.39 is 5.97 Å². The van der Waals surface area contributed by atoms with Gasteiger partial charge in [0.05, 0.1) is 17.1 Å². The summed E-state index contributed by atoms with van der Waals surface area (Å²) in [5.74, 6) is -0.969. The number of fused-ring (bicyclic) bond motifs is 1. The highest BCUT2D eigenvalue weighted by Crippen LogP contribution is 2.21. The average molecular weight is 414 g/mol. The minimum Gasteiger partial charge on any atom is -0.452 e. The fraction of sp³-hybridized carbons (Fsp3) is 0.167. The second-order valence-electron chi connectivity index (χ2n) is 7.01. The van der Waals surface area contributed by atoms with Crippen molar-refractivity contribution in [2.75, 3.05) is 6.61 Å². The van der Waals surface area contributed by atoms with Crippen molar-refractivity contribution in [1.82, 2.24) is 20.3 Å². The molecule has 0 aliphatic rings. The van der Waals surface area contributed by atoms with Gasteiger partial charge in [0, 0.05) is 6.54 Å². The first-order valence-corrected chi connectivity index (χ1v) is 10.1. The number of carbonyl (C=O) groups excluding carboxylic acids is 2. The van der Waals surface area contributed by atoms with Crippen LogP contribution < -0.4 is 5.32 Å². The largest absolute Gasteiger partial charge is 0.452 e. The van der Waals surface area contributed by atoms with Gasteiger partial charge in [-0.1, -0.05) is 65.9 Å². The molecule has 0 atom stereocenters. The molecule has 3 aromatic carbocycles. The van der Waals surface area contributed by atoms with E-state index in [0.29, 0.717) is 17.6 Å². The number of benzene rings is 3. The summed E-state index contributed by atoms with van der Waals surface area (Å²) < 4.78 is 6.98. The molecule has 0 spiro atoms. The molecule has 1 N–H and O–H groups in total. The minimum atomic E-state index is -0.584. The number of esters is 1. The molecule has 1 amide bonds. The Morgan fingerprint density at radius 3 is 2.23 bits per heavy atom. The van der Waals surface area contributed by atoms with E-state index in [4.69, 9.17) is 4.74 Å². The molecule has 0 unspecified atom stereocenters. The number of aromatic nitrogens is 3. The lowest BCUT2D eigenvalue weighted by atomic mass is 9.99. The van der Waals surface area contributed by atoms with Gasteiger partial charge in [0.15, 0.2) is 6.61 Å². The van der Waals surface area contributed by atoms with Gasteiger partial charge in [-0.15, -0.1) is 5.10 Å². The number of rotatable bonds is 7. The Morgan fingerprint density at radius 2 is 1.61 bits per heavy atom. The summed E-state index contributed by atoms with van der Waals surface area (Å²) >= 11 is 0. The van der Waals surface area contributed by atoms with Gasteiger partial charge < -0.3 is 10.1 Å². The summed E-state index contributed by atoms with van der Waals surface area (Å²) in [6, 6.07) is 24.0. The molecule has 1 aromatic heterocycles. The highest BCUT2D eigenvalue weighted by atomic mass is 16.5. The zero-order chi connectivity index (χ0) is 21.6. The summed E-state index contributed by atoms with van der Waals surface area (Å²) in [5.41, 5.74) is 3.65. The molecule has 7 heteroatoms. The van der Waals surface area contributed by atoms with Crippen LogP contribution in [0.1, 0.15) is 34.5 Å². The van der Waals surface area contributed by atoms with E-state index in [1.165, 1.54) is 0 Å². The van der Waals surface area contributed by atoms with Crippen molar-refractivity contribution in [3.8, 4) is 0 Å². The van der Waals surface area contributed by atoms with Crippen molar-refractivity contribution in [2.24, 2.45) is 0 Å². The highest BCUT2D eigenvalue weighted by molar-refractivity contribution is 5.94. The Kier molecular flexibility index (Phi) is 6.03. The lowest BCUT2D eigenvalue weighted by molar-refractivity contribution is -0.124. The molecule has 0 aliphatic carbocycles. The lowest BCUT2D eigenvalue weighted by Gasteiger charge is -2.20. The third-order valence-electron chi connectivity index (χ3n) is 4.95. The summed E-state index contributed by atoms with van der Waals surface area (Å²) in [5, 5.41) is 11.0. The molecule has 7 nitrogen and oxygen atoms in total. The fourth-order valence-corrected chi connectivity index (χ4v) is 3.40. The summed E-state index contributed by atoms with van der Waals surface area (Å²) in [6.07, 6.45) is 0. The van der Waals surface area contributed by atoms with Gasteiger partial charge >= 0.3 is 5.97 Å². The van der Waals surface area contributed by atoms with Gasteiger partial charge in [-0.3, -0.25) is 4.79 Å². The van der Waals surface area contributed by atoms with E-state index in [9.17, 15) is 9.59 Å². The molecule has 156 valence electrons. The number of nitrogens with zero attached hydrogens (tertiary/aromatic N) is 3. The van der Waals surface area contributed by atoms with E-state index in [-0.39, 0.29) is 18.6 Å². The van der Waals surface area contributed by atoms with Gasteiger partial charge in [-0.05, 0) is 36.2 Å². The van der Waals surface area contributed by atoms with Crippen molar-refractivity contribution >= 4 is 22.9 Å². The number of hydrogen-bond donors (Lipinski definition) is 1. The van der Waals surface area contributed by atoms with Crippen LogP contribution in [0.2, 0.25) is 0 Å². The summed E-state index contributed by atoms with van der Waals surface area (Å²) in [4.78, 5) is 25.0. The topological polar surface area (TPSA) is 86.1 Å². The number of hydrogen-bond acceptors (Lipinski definition) is 5. The van der Waals surface area contributed by atoms with E-state index in [1.807, 2.05) is 67.6 Å². The summed E-state index contributed by atoms with van der Waals surface area (Å²) in [7, 11) is 0. The Balaban J connectivity index is 1.43. The number of carbonyl (C=O) groups is 2. The molecule has 4 rings (SSSR count). The molecule has 0 saturated carbocycles. The Labute approximate surface area is 179 Å². The van der Waals surface area contributed by atoms with E-state index in [1.54, 1.807) is 22.9 Å². The predicted molar refractivity (Wildman–Crippen MR) is 116 cm³/mol. The smallest absolute Gasteiger partial charge is 0.338 e. The first-order chi connectivity index (χ1) is 15.2. The lowest BCUT2D eigenvalue weighted by Crippen LogP contribution is -2.33. The molecule has 0 saturated heterocycles. The molecule has 31 heavy (non-hydrogen) atoms. The molecule has 0 aliphatic heterocycles. The average Bonchev–Trinajstić information content (AvgIpc) is 3.24. The van der Waals surface area contributed by atoms with E-state index in [2.05, 4.69) is 15.6 Å². The second kappa shape index (κ2) is 9.21. The first-order valence-electron chi connectivity index (χ1n) is 10.1. The van der Waals surface area contributed by atoms with Crippen LogP contribution in [0, 0.1) is 0 Å². The maximum atomic E-state index is 12.6. The van der Waals surface area contributed by atoms with E-state index >= 15 is 0 Å². The van der Waals surface area contributed by atoms with Crippen LogP contribution in [0.25, 0.3) is 11.0 Å². The van der Waals surface area contributed by atoms with Crippen LogP contribution in [-0.4, -0.2) is 33.5 Å². The third-order valence-corrected chi connectivity index (χ3v) is 4.95. The van der Waals surface area contributed by atoms with Gasteiger partial charge in [-0.2, -0.15) is 0 Å². The minimum absolute atomic E-state index is 0.325. The van der Waals surface area contributed by atoms with Crippen LogP contribution >= 0.6 is 0 Å². The van der Waals surface area contributed by atoms with Crippen LogP contribution in [-0.2, 0) is 16.1 Å². The molecular weight excluding hydrogens is 392 g/mol. The Bertz CT molecular complexity index is 1150. The first kappa shape index (κ1) is 20.3. The Morgan fingerprint density at radius 1 is 0.968 bits per heavy atom. The molecule has 4 aromatic rings. The van der Waals surface area contributed by atoms with Crippen molar-refractivity contribution in [1.29, 1.82) is 0 Å². The quantitative estimate of drug-likeness (QED) is 0.468. The van der Waals surface area contributed by atoms with Crippen LogP contribution in [0.4, 0.5) is 0 Å². The predicted octanol–water partition coefficient (Wildman–Crippen LogP) is 3.51. The number of ether oxygens (including phenoxy) is 1. The maximum Gasteiger partial charge on any atom is 0.338 e. The molecule has 0 fully saturated rings. The normalized spacial score (nSPS) is 10.9. The maximum absolute atomic E-state index is 12.6. The van der Waals surface area contributed by atoms with Crippen molar-refractivity contribution in [3.63, 3.8) is 0 Å². The monoisotopic (exact) mass is 414 g/mol.